The number of nitrogens with one attached hydrogen (secondary N) is 1. The number of carbonyl (C=O) groups is 1. The van der Waals surface area contributed by atoms with Gasteiger partial charge in [-0.3, -0.25) is 5.10 Å². The Morgan fingerprint density at radius 1 is 1.52 bits per heavy atom. The zero-order valence-electron chi connectivity index (χ0n) is 13.8. The lowest BCUT2D eigenvalue weighted by Crippen LogP contribution is -2.38. The van der Waals surface area contributed by atoms with Crippen molar-refractivity contribution in [2.24, 2.45) is 0 Å². The van der Waals surface area contributed by atoms with Gasteiger partial charge in [-0.2, -0.15) is 9.40 Å². The van der Waals surface area contributed by atoms with Gasteiger partial charge in [0.25, 0.3) is 10.0 Å². The van der Waals surface area contributed by atoms with Crippen LogP contribution in [0.1, 0.15) is 36.5 Å². The Kier molecular flexibility index (Phi) is 5.77. The zero-order chi connectivity index (χ0) is 17.0. The van der Waals surface area contributed by atoms with Gasteiger partial charge in [-0.05, 0) is 46.8 Å². The van der Waals surface area contributed by atoms with Gasteiger partial charge >= 0.3 is 5.97 Å². The van der Waals surface area contributed by atoms with Crippen LogP contribution in [0.5, 0.6) is 0 Å². The number of hydrogen-bond donors (Lipinski definition) is 1. The number of esters is 1. The summed E-state index contributed by atoms with van der Waals surface area (Å²) in [5, 5.41) is 6.01. The van der Waals surface area contributed by atoms with E-state index in [1.807, 2.05) is 19.0 Å². The highest BCUT2D eigenvalue weighted by Gasteiger charge is 2.38. The third kappa shape index (κ3) is 3.91. The van der Waals surface area contributed by atoms with Crippen LogP contribution in [0, 0.1) is 0 Å². The summed E-state index contributed by atoms with van der Waals surface area (Å²) >= 11 is 0. The number of rotatable bonds is 7. The summed E-state index contributed by atoms with van der Waals surface area (Å²) in [6, 6.07) is -0.0549. The van der Waals surface area contributed by atoms with Crippen LogP contribution < -0.4 is 0 Å². The van der Waals surface area contributed by atoms with E-state index in [1.165, 1.54) is 10.5 Å². The molecule has 1 saturated heterocycles. The predicted octanol–water partition coefficient (Wildman–Crippen LogP) is 0.691. The second kappa shape index (κ2) is 7.41. The molecule has 1 atom stereocenters. The normalized spacial score (nSPS) is 19.4. The first-order valence-corrected chi connectivity index (χ1v) is 9.19. The molecule has 0 bridgehead atoms. The number of aromatic nitrogens is 2. The van der Waals surface area contributed by atoms with Crippen LogP contribution in [0.15, 0.2) is 11.2 Å². The minimum atomic E-state index is -3.79. The molecule has 2 rings (SSSR count). The molecule has 1 aromatic heterocycles. The van der Waals surface area contributed by atoms with Crippen molar-refractivity contribution in [2.45, 2.75) is 37.3 Å². The Bertz CT molecular complexity index is 641. The molecule has 1 aliphatic rings. The minimum Gasteiger partial charge on any atom is -0.462 e. The monoisotopic (exact) mass is 344 g/mol. The topological polar surface area (TPSA) is 95.6 Å². The van der Waals surface area contributed by atoms with Gasteiger partial charge in [0.15, 0.2) is 5.03 Å². The van der Waals surface area contributed by atoms with Gasteiger partial charge in [-0.15, -0.1) is 0 Å². The van der Waals surface area contributed by atoms with Crippen molar-refractivity contribution in [3.05, 3.63) is 11.8 Å². The predicted molar refractivity (Wildman–Crippen MR) is 84.6 cm³/mol. The van der Waals surface area contributed by atoms with Gasteiger partial charge in [-0.25, -0.2) is 13.2 Å². The van der Waals surface area contributed by atoms with Crippen molar-refractivity contribution in [3.8, 4) is 0 Å². The smallest absolute Gasteiger partial charge is 0.342 e. The van der Waals surface area contributed by atoms with E-state index >= 15 is 0 Å². The summed E-state index contributed by atoms with van der Waals surface area (Å²) in [5.74, 6) is -0.677. The number of sulfonamides is 1. The van der Waals surface area contributed by atoms with Crippen LogP contribution in [-0.4, -0.2) is 73.6 Å². The summed E-state index contributed by atoms with van der Waals surface area (Å²) < 4.78 is 32.2. The zero-order valence-corrected chi connectivity index (χ0v) is 14.6. The lowest BCUT2D eigenvalue weighted by Gasteiger charge is -2.24. The maximum atomic E-state index is 12.9. The van der Waals surface area contributed by atoms with Crippen molar-refractivity contribution in [3.63, 3.8) is 0 Å². The first-order chi connectivity index (χ1) is 10.9. The number of ether oxygens (including phenoxy) is 1. The molecule has 0 amide bonds. The summed E-state index contributed by atoms with van der Waals surface area (Å²) in [4.78, 5) is 13.9. The highest BCUT2D eigenvalue weighted by atomic mass is 32.2. The number of aromatic amines is 1. The fourth-order valence-electron chi connectivity index (χ4n) is 2.76. The van der Waals surface area contributed by atoms with Crippen LogP contribution in [0.3, 0.4) is 0 Å². The summed E-state index contributed by atoms with van der Waals surface area (Å²) in [5.41, 5.74) is -0.0369. The Morgan fingerprint density at radius 2 is 2.26 bits per heavy atom. The number of nitrogens with zero attached hydrogens (tertiary/aromatic N) is 3. The summed E-state index contributed by atoms with van der Waals surface area (Å²) in [6.07, 6.45) is 3.61. The van der Waals surface area contributed by atoms with E-state index in [-0.39, 0.29) is 23.2 Å². The lowest BCUT2D eigenvalue weighted by atomic mass is 10.1. The molecule has 23 heavy (non-hydrogen) atoms. The van der Waals surface area contributed by atoms with Crippen molar-refractivity contribution in [2.75, 3.05) is 33.8 Å². The van der Waals surface area contributed by atoms with Crippen molar-refractivity contribution in [1.29, 1.82) is 0 Å². The van der Waals surface area contributed by atoms with E-state index in [1.54, 1.807) is 6.92 Å². The molecule has 0 saturated carbocycles. The summed E-state index contributed by atoms with van der Waals surface area (Å²) in [7, 11) is 0.129. The molecular formula is C14H24N4O4S. The molecule has 1 aliphatic heterocycles. The van der Waals surface area contributed by atoms with Crippen molar-refractivity contribution < 1.29 is 17.9 Å². The van der Waals surface area contributed by atoms with Crippen LogP contribution in [0.2, 0.25) is 0 Å². The first kappa shape index (κ1) is 17.9. The van der Waals surface area contributed by atoms with Gasteiger partial charge in [0.05, 0.1) is 12.8 Å². The largest absolute Gasteiger partial charge is 0.462 e. The van der Waals surface area contributed by atoms with Crippen LogP contribution >= 0.6 is 0 Å². The highest BCUT2D eigenvalue weighted by Crippen LogP contribution is 2.28. The lowest BCUT2D eigenvalue weighted by molar-refractivity contribution is 0.0521. The Balaban J connectivity index is 2.24. The number of carbonyl (C=O) groups excluding carboxylic acids is 1. The number of hydrogen-bond acceptors (Lipinski definition) is 6. The van der Waals surface area contributed by atoms with Gasteiger partial charge in [0.1, 0.15) is 5.56 Å². The second-order valence-corrected chi connectivity index (χ2v) is 7.66. The quantitative estimate of drug-likeness (QED) is 0.731. The Labute approximate surface area is 136 Å². The van der Waals surface area contributed by atoms with E-state index in [0.717, 1.165) is 25.8 Å². The standard InChI is InChI=1S/C14H24N4O4S/c1-4-22-14(19)12-10-15-16-13(12)23(20,21)18-8-5-6-11(18)7-9-17(2)3/h10-11H,4-9H2,1-3H3,(H,15,16). The van der Waals surface area contributed by atoms with E-state index in [2.05, 4.69) is 10.2 Å². The molecule has 0 aromatic carbocycles. The molecule has 130 valence electrons. The van der Waals surface area contributed by atoms with Crippen LogP contribution in [-0.2, 0) is 14.8 Å². The number of H-pyrrole nitrogens is 1. The Hall–Kier alpha value is -1.45. The maximum absolute atomic E-state index is 12.9. The Morgan fingerprint density at radius 3 is 2.91 bits per heavy atom. The molecule has 0 radical (unpaired) electrons. The average Bonchev–Trinajstić information content (AvgIpc) is 3.14. The van der Waals surface area contributed by atoms with Gasteiger partial charge in [0, 0.05) is 12.6 Å². The fourth-order valence-corrected chi connectivity index (χ4v) is 4.55. The van der Waals surface area contributed by atoms with E-state index < -0.39 is 16.0 Å². The average molecular weight is 344 g/mol. The molecule has 9 heteroatoms. The molecule has 0 aliphatic carbocycles. The van der Waals surface area contributed by atoms with E-state index in [4.69, 9.17) is 4.74 Å². The fraction of sp³-hybridized carbons (Fsp3) is 0.714. The molecule has 2 heterocycles. The SMILES string of the molecule is CCOC(=O)c1cn[nH]c1S(=O)(=O)N1CCCC1CCN(C)C. The minimum absolute atomic E-state index is 0.0369. The van der Waals surface area contributed by atoms with Gasteiger partial charge < -0.3 is 9.64 Å². The van der Waals surface area contributed by atoms with Gasteiger partial charge in [0.2, 0.25) is 0 Å². The first-order valence-electron chi connectivity index (χ1n) is 7.75. The van der Waals surface area contributed by atoms with Crippen molar-refractivity contribution >= 4 is 16.0 Å². The molecule has 1 N–H and O–H groups in total. The molecule has 1 aromatic rings. The van der Waals surface area contributed by atoms with Crippen molar-refractivity contribution in [1.82, 2.24) is 19.4 Å². The molecule has 0 spiro atoms. The molecule has 1 fully saturated rings. The second-order valence-electron chi connectivity index (χ2n) is 5.84. The third-order valence-corrected chi connectivity index (χ3v) is 5.82. The summed E-state index contributed by atoms with van der Waals surface area (Å²) in [6.45, 7) is 3.12. The molecular weight excluding hydrogens is 320 g/mol. The van der Waals surface area contributed by atoms with Gasteiger partial charge in [-0.1, -0.05) is 0 Å². The molecule has 8 nitrogen and oxygen atoms in total. The van der Waals surface area contributed by atoms with E-state index in [0.29, 0.717) is 6.54 Å². The van der Waals surface area contributed by atoms with Crippen LogP contribution in [0.4, 0.5) is 0 Å². The van der Waals surface area contributed by atoms with Crippen LogP contribution in [0.25, 0.3) is 0 Å². The maximum Gasteiger partial charge on any atom is 0.342 e. The third-order valence-electron chi connectivity index (χ3n) is 3.90. The van der Waals surface area contributed by atoms with E-state index in [9.17, 15) is 13.2 Å². The molecule has 1 unspecified atom stereocenters. The highest BCUT2D eigenvalue weighted by molar-refractivity contribution is 7.89.